The number of rotatable bonds is 4. The average Bonchev–Trinajstić information content (AvgIpc) is 3.06. The minimum atomic E-state index is -1.07. The van der Waals surface area contributed by atoms with E-state index in [4.69, 9.17) is 14.2 Å². The van der Waals surface area contributed by atoms with E-state index in [0.29, 0.717) is 18.4 Å². The standard InChI is InChI=1S/C21H28O6S/c1-12-6-7-15(27-16(23)8-9-28-5)17-18(26-14(3)22)21(11-20(12,17)4)13(2)10-25-19(21)24/h8-9,12,15,17-18H,2,6-7,10-11H2,1,3-5H3/b9-8-/t12?,15?,17-,18?,20-,21-/m1/s1. The van der Waals surface area contributed by atoms with Gasteiger partial charge in [0.2, 0.25) is 0 Å². The van der Waals surface area contributed by atoms with Crippen LogP contribution in [0.5, 0.6) is 0 Å². The molecule has 0 bridgehead atoms. The van der Waals surface area contributed by atoms with Gasteiger partial charge in [0.1, 0.15) is 24.2 Å². The van der Waals surface area contributed by atoms with E-state index in [0.717, 1.165) is 6.42 Å². The maximum atomic E-state index is 12.9. The maximum absolute atomic E-state index is 12.9. The summed E-state index contributed by atoms with van der Waals surface area (Å²) in [5, 5.41) is 1.67. The van der Waals surface area contributed by atoms with Gasteiger partial charge in [-0.15, -0.1) is 11.8 Å². The SMILES string of the molecule is C=C1COC(=O)[C@]12C[C@]1(C)C(C)CCC(OC(=O)/C=C\SC)[C@@H]1C2OC(C)=O. The molecule has 2 saturated carbocycles. The summed E-state index contributed by atoms with van der Waals surface area (Å²) in [4.78, 5) is 37.1. The van der Waals surface area contributed by atoms with Crippen LogP contribution in [0.2, 0.25) is 0 Å². The number of hydrogen-bond donors (Lipinski definition) is 0. The van der Waals surface area contributed by atoms with E-state index >= 15 is 0 Å². The molecular weight excluding hydrogens is 380 g/mol. The molecule has 1 saturated heterocycles. The topological polar surface area (TPSA) is 78.9 Å². The Morgan fingerprint density at radius 1 is 1.32 bits per heavy atom. The largest absolute Gasteiger partial charge is 0.461 e. The molecule has 3 aliphatic rings. The predicted octanol–water partition coefficient (Wildman–Crippen LogP) is 3.26. The lowest BCUT2D eigenvalue weighted by atomic mass is 9.61. The van der Waals surface area contributed by atoms with Crippen molar-refractivity contribution in [1.82, 2.24) is 0 Å². The highest BCUT2D eigenvalue weighted by Crippen LogP contribution is 2.66. The Morgan fingerprint density at radius 2 is 2.04 bits per heavy atom. The molecule has 2 aliphatic carbocycles. The third-order valence-electron chi connectivity index (χ3n) is 6.92. The minimum absolute atomic E-state index is 0.134. The van der Waals surface area contributed by atoms with Crippen molar-refractivity contribution >= 4 is 29.7 Å². The second-order valence-corrected chi connectivity index (χ2v) is 9.13. The van der Waals surface area contributed by atoms with Crippen LogP contribution in [0.4, 0.5) is 0 Å². The van der Waals surface area contributed by atoms with Crippen LogP contribution in [0.1, 0.15) is 40.0 Å². The average molecular weight is 409 g/mol. The van der Waals surface area contributed by atoms with Gasteiger partial charge >= 0.3 is 17.9 Å². The van der Waals surface area contributed by atoms with Crippen LogP contribution in [-0.4, -0.2) is 43.0 Å². The zero-order valence-corrected chi connectivity index (χ0v) is 17.7. The molecule has 0 amide bonds. The first kappa shape index (κ1) is 21.0. The Labute approximate surface area is 170 Å². The lowest BCUT2D eigenvalue weighted by molar-refractivity contribution is -0.172. The smallest absolute Gasteiger partial charge is 0.331 e. The summed E-state index contributed by atoms with van der Waals surface area (Å²) in [6.07, 6.45) is 4.08. The fourth-order valence-electron chi connectivity index (χ4n) is 5.38. The van der Waals surface area contributed by atoms with Crippen molar-refractivity contribution in [3.8, 4) is 0 Å². The molecule has 154 valence electrons. The number of fused-ring (bicyclic) bond motifs is 1. The third-order valence-corrected chi connectivity index (χ3v) is 7.33. The van der Waals surface area contributed by atoms with E-state index in [2.05, 4.69) is 20.4 Å². The normalized spacial score (nSPS) is 39.9. The van der Waals surface area contributed by atoms with Crippen LogP contribution in [0.3, 0.4) is 0 Å². The van der Waals surface area contributed by atoms with Gasteiger partial charge in [0.05, 0.1) is 0 Å². The van der Waals surface area contributed by atoms with Gasteiger partial charge in [-0.2, -0.15) is 0 Å². The molecule has 1 spiro atoms. The number of carbonyl (C=O) groups is 3. The molecule has 3 unspecified atom stereocenters. The first-order chi connectivity index (χ1) is 13.2. The summed E-state index contributed by atoms with van der Waals surface area (Å²) in [7, 11) is 0. The molecule has 0 radical (unpaired) electrons. The number of ether oxygens (including phenoxy) is 3. The van der Waals surface area contributed by atoms with Gasteiger partial charge < -0.3 is 14.2 Å². The van der Waals surface area contributed by atoms with Crippen molar-refractivity contribution in [2.45, 2.75) is 52.2 Å². The first-order valence-electron chi connectivity index (χ1n) is 9.59. The highest BCUT2D eigenvalue weighted by Gasteiger charge is 2.71. The third kappa shape index (κ3) is 3.17. The number of cyclic esters (lactones) is 1. The lowest BCUT2D eigenvalue weighted by Gasteiger charge is -2.46. The van der Waals surface area contributed by atoms with Crippen LogP contribution in [0.25, 0.3) is 0 Å². The molecule has 3 fully saturated rings. The van der Waals surface area contributed by atoms with Crippen molar-refractivity contribution < 1.29 is 28.6 Å². The molecule has 6 nitrogen and oxygen atoms in total. The Kier molecular flexibility index (Phi) is 5.67. The molecule has 0 aromatic carbocycles. The second kappa shape index (κ2) is 7.58. The van der Waals surface area contributed by atoms with Crippen LogP contribution in [0, 0.1) is 22.7 Å². The van der Waals surface area contributed by atoms with Crippen molar-refractivity contribution in [3.63, 3.8) is 0 Å². The first-order valence-corrected chi connectivity index (χ1v) is 10.9. The van der Waals surface area contributed by atoms with Crippen molar-refractivity contribution in [2.75, 3.05) is 12.9 Å². The van der Waals surface area contributed by atoms with E-state index in [1.165, 1.54) is 24.8 Å². The number of hydrogen-bond acceptors (Lipinski definition) is 7. The lowest BCUT2D eigenvalue weighted by Crippen LogP contribution is -2.50. The van der Waals surface area contributed by atoms with Crippen molar-refractivity contribution in [2.24, 2.45) is 22.7 Å². The summed E-state index contributed by atoms with van der Waals surface area (Å²) < 4.78 is 16.9. The summed E-state index contributed by atoms with van der Waals surface area (Å²) in [5.74, 6) is -1.31. The Hall–Kier alpha value is -1.76. The van der Waals surface area contributed by atoms with Crippen molar-refractivity contribution in [3.05, 3.63) is 23.6 Å². The van der Waals surface area contributed by atoms with Crippen LogP contribution < -0.4 is 0 Å². The molecule has 0 aromatic heterocycles. The summed E-state index contributed by atoms with van der Waals surface area (Å²) in [5.41, 5.74) is -0.776. The molecule has 3 rings (SSSR count). The highest BCUT2D eigenvalue weighted by atomic mass is 32.2. The van der Waals surface area contributed by atoms with E-state index in [-0.39, 0.29) is 29.8 Å². The molecule has 0 aromatic rings. The second-order valence-electron chi connectivity index (χ2n) is 8.38. The van der Waals surface area contributed by atoms with Gasteiger partial charge in [-0.1, -0.05) is 20.4 Å². The molecule has 1 heterocycles. The van der Waals surface area contributed by atoms with Gasteiger partial charge in [0.15, 0.2) is 0 Å². The number of thioether (sulfide) groups is 1. The molecule has 1 aliphatic heterocycles. The number of carbonyl (C=O) groups excluding carboxylic acids is 3. The molecule has 0 N–H and O–H groups in total. The summed E-state index contributed by atoms with van der Waals surface area (Å²) in [6, 6.07) is 0. The van der Waals surface area contributed by atoms with Crippen molar-refractivity contribution in [1.29, 1.82) is 0 Å². The van der Waals surface area contributed by atoms with Crippen LogP contribution >= 0.6 is 11.8 Å². The Bertz CT molecular complexity index is 712. The monoisotopic (exact) mass is 408 g/mol. The zero-order valence-electron chi connectivity index (χ0n) is 16.9. The molecule has 6 atom stereocenters. The fraction of sp³-hybridized carbons (Fsp3) is 0.667. The minimum Gasteiger partial charge on any atom is -0.461 e. The quantitative estimate of drug-likeness (QED) is 0.306. The van der Waals surface area contributed by atoms with Gasteiger partial charge in [-0.25, -0.2) is 4.79 Å². The van der Waals surface area contributed by atoms with Crippen LogP contribution in [-0.2, 0) is 28.6 Å². The van der Waals surface area contributed by atoms with E-state index in [1.807, 2.05) is 6.26 Å². The number of esters is 3. The molecule has 7 heteroatoms. The molecule has 28 heavy (non-hydrogen) atoms. The van der Waals surface area contributed by atoms with E-state index < -0.39 is 29.6 Å². The van der Waals surface area contributed by atoms with Gasteiger partial charge in [-0.3, -0.25) is 9.59 Å². The maximum Gasteiger partial charge on any atom is 0.331 e. The summed E-state index contributed by atoms with van der Waals surface area (Å²) in [6.45, 7) is 9.79. The zero-order chi connectivity index (χ0) is 20.7. The van der Waals surface area contributed by atoms with E-state index in [1.54, 1.807) is 5.41 Å². The highest BCUT2D eigenvalue weighted by molar-refractivity contribution is 8.01. The predicted molar refractivity (Wildman–Crippen MR) is 105 cm³/mol. The van der Waals surface area contributed by atoms with Gasteiger partial charge in [0.25, 0.3) is 0 Å². The van der Waals surface area contributed by atoms with E-state index in [9.17, 15) is 14.4 Å². The Morgan fingerprint density at radius 3 is 2.61 bits per heavy atom. The Balaban J connectivity index is 2.03. The van der Waals surface area contributed by atoms with Crippen LogP contribution in [0.15, 0.2) is 23.6 Å². The van der Waals surface area contributed by atoms with Gasteiger partial charge in [-0.05, 0) is 47.8 Å². The van der Waals surface area contributed by atoms with Gasteiger partial charge in [0, 0.05) is 18.9 Å². The molecular formula is C21H28O6S. The summed E-state index contributed by atoms with van der Waals surface area (Å²) >= 11 is 1.41. The fourth-order valence-corrected chi connectivity index (χ4v) is 5.63.